The van der Waals surface area contributed by atoms with Crippen molar-refractivity contribution in [3.05, 3.63) is 72.3 Å². The number of carbonyl (C=O) groups excluding carboxylic acids is 2. The van der Waals surface area contributed by atoms with E-state index in [1.54, 1.807) is 0 Å². The zero-order valence-corrected chi connectivity index (χ0v) is 17.1. The van der Waals surface area contributed by atoms with Crippen molar-refractivity contribution < 1.29 is 14.3 Å². The van der Waals surface area contributed by atoms with E-state index < -0.39 is 0 Å². The van der Waals surface area contributed by atoms with E-state index in [2.05, 4.69) is 10.6 Å². The Morgan fingerprint density at radius 1 is 0.931 bits per heavy atom. The van der Waals surface area contributed by atoms with Gasteiger partial charge in [-0.1, -0.05) is 48.5 Å². The molecule has 0 unspecified atom stereocenters. The summed E-state index contributed by atoms with van der Waals surface area (Å²) in [6, 6.07) is 21.6. The third-order valence-electron chi connectivity index (χ3n) is 4.20. The van der Waals surface area contributed by atoms with Gasteiger partial charge in [-0.15, -0.1) is 11.8 Å². The van der Waals surface area contributed by atoms with Crippen LogP contribution < -0.4 is 15.4 Å². The molecule has 3 aromatic carbocycles. The minimum absolute atomic E-state index is 0.111. The molecule has 2 amide bonds. The number of aryl methyl sites for hydroxylation is 1. The smallest absolute Gasteiger partial charge is 0.234 e. The number of rotatable bonds is 9. The molecule has 0 bridgehead atoms. The zero-order chi connectivity index (χ0) is 20.5. The molecule has 0 spiro atoms. The van der Waals surface area contributed by atoms with Crippen molar-refractivity contribution in [1.82, 2.24) is 5.32 Å². The van der Waals surface area contributed by atoms with Crippen LogP contribution in [0.15, 0.2) is 66.7 Å². The standard InChI is InChI=1S/C23H24N2O3S/c1-17-6-4-9-19(14-17)25-23(27)16-29-15-22(26)24-12-13-28-21-11-5-8-18-7-2-3-10-20(18)21/h2-11,14H,12-13,15-16H2,1H3,(H,24,26)(H,25,27). The fourth-order valence-corrected chi connectivity index (χ4v) is 3.53. The maximum absolute atomic E-state index is 11.9. The summed E-state index contributed by atoms with van der Waals surface area (Å²) in [5, 5.41) is 7.82. The predicted molar refractivity (Wildman–Crippen MR) is 120 cm³/mol. The molecule has 0 aliphatic carbocycles. The maximum Gasteiger partial charge on any atom is 0.234 e. The van der Waals surface area contributed by atoms with Crippen molar-refractivity contribution in [3.63, 3.8) is 0 Å². The number of ether oxygens (including phenoxy) is 1. The molecule has 0 atom stereocenters. The first-order valence-electron chi connectivity index (χ1n) is 9.43. The van der Waals surface area contributed by atoms with Crippen LogP contribution in [0.3, 0.4) is 0 Å². The number of fused-ring (bicyclic) bond motifs is 1. The van der Waals surface area contributed by atoms with Gasteiger partial charge in [0.1, 0.15) is 12.4 Å². The summed E-state index contributed by atoms with van der Waals surface area (Å²) >= 11 is 1.28. The van der Waals surface area contributed by atoms with E-state index in [-0.39, 0.29) is 23.3 Å². The third kappa shape index (κ3) is 6.54. The lowest BCUT2D eigenvalue weighted by Gasteiger charge is -2.10. The quantitative estimate of drug-likeness (QED) is 0.525. The van der Waals surface area contributed by atoms with Crippen molar-refractivity contribution >= 4 is 40.0 Å². The van der Waals surface area contributed by atoms with E-state index in [4.69, 9.17) is 4.74 Å². The van der Waals surface area contributed by atoms with Gasteiger partial charge in [-0.2, -0.15) is 0 Å². The Morgan fingerprint density at radius 3 is 2.55 bits per heavy atom. The molecule has 0 aliphatic heterocycles. The molecule has 0 heterocycles. The molecule has 150 valence electrons. The SMILES string of the molecule is Cc1cccc(NC(=O)CSCC(=O)NCCOc2cccc3ccccc23)c1. The van der Waals surface area contributed by atoms with Crippen molar-refractivity contribution in [2.75, 3.05) is 30.0 Å². The van der Waals surface area contributed by atoms with Crippen LogP contribution in [0.5, 0.6) is 5.75 Å². The lowest BCUT2D eigenvalue weighted by atomic mass is 10.1. The Balaban J connectivity index is 1.32. The average molecular weight is 409 g/mol. The number of anilines is 1. The van der Waals surface area contributed by atoms with Gasteiger partial charge in [0.2, 0.25) is 11.8 Å². The van der Waals surface area contributed by atoms with Crippen molar-refractivity contribution in [2.24, 2.45) is 0 Å². The van der Waals surface area contributed by atoms with Gasteiger partial charge >= 0.3 is 0 Å². The van der Waals surface area contributed by atoms with E-state index in [0.717, 1.165) is 27.8 Å². The van der Waals surface area contributed by atoms with Crippen LogP contribution in [-0.2, 0) is 9.59 Å². The number of amides is 2. The van der Waals surface area contributed by atoms with Crippen LogP contribution in [0.4, 0.5) is 5.69 Å². The van der Waals surface area contributed by atoms with Gasteiger partial charge in [0, 0.05) is 11.1 Å². The normalized spacial score (nSPS) is 10.5. The van der Waals surface area contributed by atoms with Crippen LogP contribution in [0.1, 0.15) is 5.56 Å². The molecule has 0 fully saturated rings. The second kappa shape index (κ2) is 10.5. The van der Waals surface area contributed by atoms with Crippen LogP contribution >= 0.6 is 11.8 Å². The number of hydrogen-bond acceptors (Lipinski definition) is 4. The lowest BCUT2D eigenvalue weighted by molar-refractivity contribution is -0.118. The Hall–Kier alpha value is -2.99. The molecule has 29 heavy (non-hydrogen) atoms. The van der Waals surface area contributed by atoms with Gasteiger partial charge in [-0.3, -0.25) is 9.59 Å². The largest absolute Gasteiger partial charge is 0.491 e. The average Bonchev–Trinajstić information content (AvgIpc) is 2.71. The van der Waals surface area contributed by atoms with Crippen LogP contribution in [0, 0.1) is 6.92 Å². The summed E-state index contributed by atoms with van der Waals surface area (Å²) in [5.74, 6) is 1.04. The lowest BCUT2D eigenvalue weighted by Crippen LogP contribution is -2.30. The van der Waals surface area contributed by atoms with Crippen molar-refractivity contribution in [3.8, 4) is 5.75 Å². The van der Waals surface area contributed by atoms with E-state index in [1.165, 1.54) is 11.8 Å². The first kappa shape index (κ1) is 20.7. The number of hydrogen-bond donors (Lipinski definition) is 2. The number of thioether (sulfide) groups is 1. The number of nitrogens with one attached hydrogen (secondary N) is 2. The van der Waals surface area contributed by atoms with E-state index >= 15 is 0 Å². The summed E-state index contributed by atoms with van der Waals surface area (Å²) in [5.41, 5.74) is 1.85. The van der Waals surface area contributed by atoms with Crippen molar-refractivity contribution in [1.29, 1.82) is 0 Å². The highest BCUT2D eigenvalue weighted by atomic mass is 32.2. The number of carbonyl (C=O) groups is 2. The van der Waals surface area contributed by atoms with E-state index in [0.29, 0.717) is 13.2 Å². The second-order valence-corrected chi connectivity index (χ2v) is 7.57. The first-order valence-corrected chi connectivity index (χ1v) is 10.6. The molecule has 0 radical (unpaired) electrons. The topological polar surface area (TPSA) is 67.4 Å². The monoisotopic (exact) mass is 408 g/mol. The molecule has 0 saturated heterocycles. The second-order valence-electron chi connectivity index (χ2n) is 6.59. The van der Waals surface area contributed by atoms with E-state index in [1.807, 2.05) is 73.7 Å². The zero-order valence-electron chi connectivity index (χ0n) is 16.3. The molecule has 3 rings (SSSR count). The highest BCUT2D eigenvalue weighted by molar-refractivity contribution is 8.00. The van der Waals surface area contributed by atoms with Gasteiger partial charge in [-0.25, -0.2) is 0 Å². The summed E-state index contributed by atoms with van der Waals surface area (Å²) < 4.78 is 5.80. The predicted octanol–water partition coefficient (Wildman–Crippen LogP) is 4.02. The molecule has 6 heteroatoms. The fourth-order valence-electron chi connectivity index (χ4n) is 2.88. The highest BCUT2D eigenvalue weighted by Gasteiger charge is 2.07. The van der Waals surface area contributed by atoms with Gasteiger partial charge in [-0.05, 0) is 36.1 Å². The highest BCUT2D eigenvalue weighted by Crippen LogP contribution is 2.24. The Bertz CT molecular complexity index is 985. The van der Waals surface area contributed by atoms with Crippen LogP contribution in [0.2, 0.25) is 0 Å². The number of benzene rings is 3. The summed E-state index contributed by atoms with van der Waals surface area (Å²) in [6.07, 6.45) is 0. The molecule has 0 aliphatic rings. The summed E-state index contributed by atoms with van der Waals surface area (Å²) in [6.45, 7) is 2.77. The van der Waals surface area contributed by atoms with Gasteiger partial charge in [0.25, 0.3) is 0 Å². The maximum atomic E-state index is 11.9. The molecular weight excluding hydrogens is 384 g/mol. The molecule has 2 N–H and O–H groups in total. The first-order chi connectivity index (χ1) is 14.1. The third-order valence-corrected chi connectivity index (χ3v) is 5.13. The van der Waals surface area contributed by atoms with E-state index in [9.17, 15) is 9.59 Å². The van der Waals surface area contributed by atoms with Gasteiger partial charge < -0.3 is 15.4 Å². The fraction of sp³-hybridized carbons (Fsp3) is 0.217. The van der Waals surface area contributed by atoms with Crippen molar-refractivity contribution in [2.45, 2.75) is 6.92 Å². The Labute approximate surface area is 174 Å². The molecule has 5 nitrogen and oxygen atoms in total. The minimum atomic E-state index is -0.118. The summed E-state index contributed by atoms with van der Waals surface area (Å²) in [4.78, 5) is 23.9. The minimum Gasteiger partial charge on any atom is -0.491 e. The van der Waals surface area contributed by atoms with Gasteiger partial charge in [0.15, 0.2) is 0 Å². The molecule has 3 aromatic rings. The van der Waals surface area contributed by atoms with Crippen LogP contribution in [-0.4, -0.2) is 36.5 Å². The molecule has 0 aromatic heterocycles. The molecular formula is C23H24N2O3S. The summed E-state index contributed by atoms with van der Waals surface area (Å²) in [7, 11) is 0. The van der Waals surface area contributed by atoms with Crippen LogP contribution in [0.25, 0.3) is 10.8 Å². The molecule has 0 saturated carbocycles. The Morgan fingerprint density at radius 2 is 1.69 bits per heavy atom. The van der Waals surface area contributed by atoms with Gasteiger partial charge in [0.05, 0.1) is 18.1 Å². The Kier molecular flexibility index (Phi) is 7.53.